The van der Waals surface area contributed by atoms with Crippen molar-refractivity contribution in [3.05, 3.63) is 5.82 Å². The normalized spacial score (nSPS) is 19.7. The first-order chi connectivity index (χ1) is 9.65. The zero-order valence-electron chi connectivity index (χ0n) is 12.1. The highest BCUT2D eigenvalue weighted by Gasteiger charge is 2.30. The van der Waals surface area contributed by atoms with Gasteiger partial charge in [0.1, 0.15) is 0 Å². The van der Waals surface area contributed by atoms with Gasteiger partial charge in [-0.05, 0) is 42.5 Å². The first kappa shape index (κ1) is 13.3. The lowest BCUT2D eigenvalue weighted by Crippen LogP contribution is -2.39. The predicted octanol–water partition coefficient (Wildman–Crippen LogP) is 1.51. The van der Waals surface area contributed by atoms with Crippen LogP contribution in [-0.4, -0.2) is 44.7 Å². The number of amides is 2. The summed E-state index contributed by atoms with van der Waals surface area (Å²) < 4.78 is 1.84. The summed E-state index contributed by atoms with van der Waals surface area (Å²) in [7, 11) is 1.84. The Hall–Kier alpha value is -1.66. The van der Waals surface area contributed by atoms with Crippen LogP contribution in [0.5, 0.6) is 0 Å². The highest BCUT2D eigenvalue weighted by Crippen LogP contribution is 2.35. The number of rotatable bonds is 6. The molecule has 3 rings (SSSR count). The lowest BCUT2D eigenvalue weighted by molar-refractivity contribution is 0.203. The Labute approximate surface area is 118 Å². The number of carbonyl (C=O) groups is 1. The molecule has 0 aliphatic heterocycles. The van der Waals surface area contributed by atoms with Crippen molar-refractivity contribution in [2.75, 3.05) is 13.6 Å². The summed E-state index contributed by atoms with van der Waals surface area (Å²) in [6, 6.07) is 0.205. The number of nitrogens with one attached hydrogen (secondary N) is 1. The van der Waals surface area contributed by atoms with Gasteiger partial charge in [-0.15, -0.1) is 5.10 Å². The van der Waals surface area contributed by atoms with E-state index in [1.54, 1.807) is 4.90 Å². The minimum Gasteiger partial charge on any atom is -0.328 e. The van der Waals surface area contributed by atoms with Crippen molar-refractivity contribution in [1.82, 2.24) is 30.4 Å². The second kappa shape index (κ2) is 5.38. The molecule has 2 saturated carbocycles. The summed E-state index contributed by atoms with van der Waals surface area (Å²) >= 11 is 0. The van der Waals surface area contributed by atoms with Crippen molar-refractivity contribution in [3.63, 3.8) is 0 Å². The van der Waals surface area contributed by atoms with Gasteiger partial charge >= 0.3 is 6.03 Å². The molecule has 0 saturated heterocycles. The van der Waals surface area contributed by atoms with Crippen LogP contribution in [-0.2, 0) is 0 Å². The molecule has 0 spiro atoms. The molecule has 1 aromatic rings. The molecule has 1 heterocycles. The maximum atomic E-state index is 12.1. The van der Waals surface area contributed by atoms with E-state index < -0.39 is 0 Å². The Bertz CT molecular complexity index is 479. The van der Waals surface area contributed by atoms with Crippen molar-refractivity contribution in [2.24, 2.45) is 5.92 Å². The van der Waals surface area contributed by atoms with E-state index >= 15 is 0 Å². The molecule has 7 heteroatoms. The third kappa shape index (κ3) is 3.08. The maximum Gasteiger partial charge on any atom is 0.317 e. The number of aromatic nitrogens is 4. The second-order valence-electron chi connectivity index (χ2n) is 6.04. The summed E-state index contributed by atoms with van der Waals surface area (Å²) in [6.07, 6.45) is 6.00. The molecule has 110 valence electrons. The van der Waals surface area contributed by atoms with E-state index in [0.717, 1.165) is 37.5 Å². The quantitative estimate of drug-likeness (QED) is 0.855. The predicted molar refractivity (Wildman–Crippen MR) is 73.0 cm³/mol. The molecule has 1 aromatic heterocycles. The van der Waals surface area contributed by atoms with Gasteiger partial charge in [0.15, 0.2) is 5.82 Å². The summed E-state index contributed by atoms with van der Waals surface area (Å²) in [5, 5.41) is 14.7. The molecule has 2 amide bonds. The second-order valence-corrected chi connectivity index (χ2v) is 6.04. The molecular formula is C13H22N6O. The molecule has 0 radical (unpaired) electrons. The van der Waals surface area contributed by atoms with E-state index in [4.69, 9.17) is 0 Å². The summed E-state index contributed by atoms with van der Waals surface area (Å²) in [6.45, 7) is 2.74. The smallest absolute Gasteiger partial charge is 0.317 e. The SMILES string of the molecule is C[C@H](NC(=O)N(C)CCC1CC1)c1nnnn1C1CC1. The fourth-order valence-corrected chi connectivity index (χ4v) is 2.31. The van der Waals surface area contributed by atoms with Gasteiger partial charge < -0.3 is 10.2 Å². The van der Waals surface area contributed by atoms with Crippen LogP contribution in [0.25, 0.3) is 0 Å². The van der Waals surface area contributed by atoms with Crippen LogP contribution in [0.1, 0.15) is 56.9 Å². The van der Waals surface area contributed by atoms with Crippen LogP contribution in [0, 0.1) is 5.92 Å². The van der Waals surface area contributed by atoms with Gasteiger partial charge in [-0.1, -0.05) is 12.8 Å². The summed E-state index contributed by atoms with van der Waals surface area (Å²) in [4.78, 5) is 13.9. The average Bonchev–Trinajstić information content (AvgIpc) is 3.35. The van der Waals surface area contributed by atoms with Crippen molar-refractivity contribution < 1.29 is 4.79 Å². The molecule has 20 heavy (non-hydrogen) atoms. The van der Waals surface area contributed by atoms with Gasteiger partial charge in [-0.2, -0.15) is 0 Å². The third-order valence-electron chi connectivity index (χ3n) is 4.05. The van der Waals surface area contributed by atoms with E-state index in [0.29, 0.717) is 6.04 Å². The van der Waals surface area contributed by atoms with Crippen LogP contribution < -0.4 is 5.32 Å². The zero-order chi connectivity index (χ0) is 14.1. The number of hydrogen-bond donors (Lipinski definition) is 1. The van der Waals surface area contributed by atoms with Gasteiger partial charge in [-0.25, -0.2) is 9.48 Å². The number of urea groups is 1. The standard InChI is InChI=1S/C13H22N6O/c1-9(12-15-16-17-19(12)11-5-6-11)14-13(20)18(2)8-7-10-3-4-10/h9-11H,3-8H2,1-2H3,(H,14,20)/t9-/m0/s1. The van der Waals surface area contributed by atoms with Crippen molar-refractivity contribution in [3.8, 4) is 0 Å². The Morgan fingerprint density at radius 3 is 2.85 bits per heavy atom. The van der Waals surface area contributed by atoms with Crippen molar-refractivity contribution in [1.29, 1.82) is 0 Å². The van der Waals surface area contributed by atoms with Crippen LogP contribution in [0.3, 0.4) is 0 Å². The molecule has 7 nitrogen and oxygen atoms in total. The molecule has 0 unspecified atom stereocenters. The molecule has 0 aromatic carbocycles. The Morgan fingerprint density at radius 2 is 2.20 bits per heavy atom. The number of nitrogens with zero attached hydrogens (tertiary/aromatic N) is 5. The maximum absolute atomic E-state index is 12.1. The Kier molecular flexibility index (Phi) is 3.58. The lowest BCUT2D eigenvalue weighted by atomic mass is 10.3. The first-order valence-electron chi connectivity index (χ1n) is 7.44. The molecule has 1 N–H and O–H groups in total. The fraction of sp³-hybridized carbons (Fsp3) is 0.846. The topological polar surface area (TPSA) is 75.9 Å². The van der Waals surface area contributed by atoms with E-state index in [9.17, 15) is 4.79 Å². The molecule has 0 bridgehead atoms. The zero-order valence-corrected chi connectivity index (χ0v) is 12.1. The molecule has 2 fully saturated rings. The molecular weight excluding hydrogens is 256 g/mol. The minimum atomic E-state index is -0.165. The largest absolute Gasteiger partial charge is 0.328 e. The highest BCUT2D eigenvalue weighted by molar-refractivity contribution is 5.74. The molecule has 2 aliphatic rings. The van der Waals surface area contributed by atoms with Crippen molar-refractivity contribution >= 4 is 6.03 Å². The third-order valence-corrected chi connectivity index (χ3v) is 4.05. The van der Waals surface area contributed by atoms with Gasteiger partial charge in [-0.3, -0.25) is 0 Å². The molecule has 2 aliphatic carbocycles. The van der Waals surface area contributed by atoms with Crippen LogP contribution in [0.2, 0.25) is 0 Å². The van der Waals surface area contributed by atoms with E-state index in [1.165, 1.54) is 12.8 Å². The minimum absolute atomic E-state index is 0.0523. The van der Waals surface area contributed by atoms with Gasteiger partial charge in [0.25, 0.3) is 0 Å². The van der Waals surface area contributed by atoms with Gasteiger partial charge in [0.2, 0.25) is 0 Å². The Morgan fingerprint density at radius 1 is 1.45 bits per heavy atom. The van der Waals surface area contributed by atoms with Crippen LogP contribution >= 0.6 is 0 Å². The summed E-state index contributed by atoms with van der Waals surface area (Å²) in [5.41, 5.74) is 0. The van der Waals surface area contributed by atoms with E-state index in [2.05, 4.69) is 20.8 Å². The monoisotopic (exact) mass is 278 g/mol. The van der Waals surface area contributed by atoms with E-state index in [1.807, 2.05) is 18.7 Å². The average molecular weight is 278 g/mol. The summed E-state index contributed by atoms with van der Waals surface area (Å²) in [5.74, 6) is 1.58. The fourth-order valence-electron chi connectivity index (χ4n) is 2.31. The number of tetrazole rings is 1. The lowest BCUT2D eigenvalue weighted by Gasteiger charge is -2.20. The Balaban J connectivity index is 1.52. The molecule has 1 atom stereocenters. The number of hydrogen-bond acceptors (Lipinski definition) is 4. The van der Waals surface area contributed by atoms with E-state index in [-0.39, 0.29) is 12.1 Å². The van der Waals surface area contributed by atoms with Gasteiger partial charge in [0, 0.05) is 13.6 Å². The highest BCUT2D eigenvalue weighted by atomic mass is 16.2. The van der Waals surface area contributed by atoms with Crippen LogP contribution in [0.4, 0.5) is 4.79 Å². The first-order valence-corrected chi connectivity index (χ1v) is 7.44. The van der Waals surface area contributed by atoms with Crippen LogP contribution in [0.15, 0.2) is 0 Å². The van der Waals surface area contributed by atoms with Crippen molar-refractivity contribution in [2.45, 2.75) is 51.1 Å². The number of carbonyl (C=O) groups excluding carboxylic acids is 1. The van der Waals surface area contributed by atoms with Gasteiger partial charge in [0.05, 0.1) is 12.1 Å².